The van der Waals surface area contributed by atoms with Gasteiger partial charge in [0, 0.05) is 13.1 Å². The number of hydrogen-bond acceptors (Lipinski definition) is 3. The van der Waals surface area contributed by atoms with Gasteiger partial charge >= 0.3 is 0 Å². The fourth-order valence-corrected chi connectivity index (χ4v) is 2.08. The van der Waals surface area contributed by atoms with Crippen molar-refractivity contribution in [3.05, 3.63) is 66.0 Å². The first-order valence-electron chi connectivity index (χ1n) is 8.13. The number of hydrogen-bond donors (Lipinski definition) is 0. The number of likely N-dealkylation sites (N-methyl/N-ethyl adjacent to an activating group) is 1. The Morgan fingerprint density at radius 2 is 1.64 bits per heavy atom. The van der Waals surface area contributed by atoms with E-state index in [2.05, 4.69) is 0 Å². The normalized spacial score (nSPS) is 10.7. The predicted octanol–water partition coefficient (Wildman–Crippen LogP) is 3.78. The molecule has 0 saturated heterocycles. The SMILES string of the molecule is CCOc1ccc(/C=C/C(=O)N(C)CCOc2ccc(F)cc2)cc1. The summed E-state index contributed by atoms with van der Waals surface area (Å²) in [6.45, 7) is 3.33. The lowest BCUT2D eigenvalue weighted by molar-refractivity contribution is -0.125. The fourth-order valence-electron chi connectivity index (χ4n) is 2.08. The van der Waals surface area contributed by atoms with Gasteiger partial charge in [0.05, 0.1) is 13.2 Å². The van der Waals surface area contributed by atoms with Crippen molar-refractivity contribution in [2.24, 2.45) is 0 Å². The molecule has 1 amide bonds. The molecule has 0 spiro atoms. The maximum absolute atomic E-state index is 12.8. The highest BCUT2D eigenvalue weighted by atomic mass is 19.1. The molecule has 0 aromatic heterocycles. The molecule has 0 heterocycles. The summed E-state index contributed by atoms with van der Waals surface area (Å²) in [5.41, 5.74) is 0.924. The first kappa shape index (κ1) is 18.5. The van der Waals surface area contributed by atoms with Gasteiger partial charge < -0.3 is 14.4 Å². The van der Waals surface area contributed by atoms with E-state index in [4.69, 9.17) is 9.47 Å². The Bertz CT molecular complexity index is 696. The number of nitrogens with zero attached hydrogens (tertiary/aromatic N) is 1. The van der Waals surface area contributed by atoms with Crippen LogP contribution in [0.3, 0.4) is 0 Å². The largest absolute Gasteiger partial charge is 0.494 e. The van der Waals surface area contributed by atoms with E-state index in [1.807, 2.05) is 31.2 Å². The highest BCUT2D eigenvalue weighted by molar-refractivity contribution is 5.91. The van der Waals surface area contributed by atoms with E-state index in [0.29, 0.717) is 25.5 Å². The van der Waals surface area contributed by atoms with E-state index in [9.17, 15) is 9.18 Å². The van der Waals surface area contributed by atoms with Crippen molar-refractivity contribution >= 4 is 12.0 Å². The van der Waals surface area contributed by atoms with Gasteiger partial charge in [-0.3, -0.25) is 4.79 Å². The van der Waals surface area contributed by atoms with Crippen LogP contribution in [0.1, 0.15) is 12.5 Å². The van der Waals surface area contributed by atoms with Crippen LogP contribution in [0.4, 0.5) is 4.39 Å². The van der Waals surface area contributed by atoms with Gasteiger partial charge in [-0.25, -0.2) is 4.39 Å². The minimum Gasteiger partial charge on any atom is -0.494 e. The number of ether oxygens (including phenoxy) is 2. The molecular formula is C20H22FNO3. The number of rotatable bonds is 8. The van der Waals surface area contributed by atoms with Gasteiger partial charge in [-0.1, -0.05) is 12.1 Å². The minimum absolute atomic E-state index is 0.114. The monoisotopic (exact) mass is 343 g/mol. The highest BCUT2D eigenvalue weighted by Crippen LogP contribution is 2.13. The van der Waals surface area contributed by atoms with Crippen LogP contribution in [0.5, 0.6) is 11.5 Å². The van der Waals surface area contributed by atoms with Crippen LogP contribution in [0.2, 0.25) is 0 Å². The second-order valence-electron chi connectivity index (χ2n) is 5.40. The number of carbonyl (C=O) groups excluding carboxylic acids is 1. The number of benzene rings is 2. The molecule has 0 N–H and O–H groups in total. The molecule has 0 aliphatic rings. The Labute approximate surface area is 147 Å². The van der Waals surface area contributed by atoms with Gasteiger partial charge in [0.25, 0.3) is 0 Å². The summed E-state index contributed by atoms with van der Waals surface area (Å²) >= 11 is 0. The second kappa shape index (κ2) is 9.47. The van der Waals surface area contributed by atoms with Crippen molar-refractivity contribution in [2.45, 2.75) is 6.92 Å². The molecule has 5 heteroatoms. The Morgan fingerprint density at radius 1 is 1.04 bits per heavy atom. The zero-order valence-electron chi connectivity index (χ0n) is 14.4. The van der Waals surface area contributed by atoms with Crippen LogP contribution >= 0.6 is 0 Å². The molecule has 0 atom stereocenters. The van der Waals surface area contributed by atoms with Crippen molar-refractivity contribution < 1.29 is 18.7 Å². The lowest BCUT2D eigenvalue weighted by Gasteiger charge is -2.15. The molecule has 2 aromatic rings. The Hall–Kier alpha value is -2.82. The molecule has 0 fully saturated rings. The van der Waals surface area contributed by atoms with Crippen molar-refractivity contribution in [2.75, 3.05) is 26.8 Å². The summed E-state index contributed by atoms with van der Waals surface area (Å²) < 4.78 is 23.7. The van der Waals surface area contributed by atoms with Gasteiger partial charge in [0.1, 0.15) is 23.9 Å². The summed E-state index contributed by atoms with van der Waals surface area (Å²) in [6.07, 6.45) is 3.28. The lowest BCUT2D eigenvalue weighted by atomic mass is 10.2. The van der Waals surface area contributed by atoms with Crippen LogP contribution in [-0.4, -0.2) is 37.6 Å². The summed E-state index contributed by atoms with van der Waals surface area (Å²) in [5, 5.41) is 0. The summed E-state index contributed by atoms with van der Waals surface area (Å²) in [6, 6.07) is 13.3. The molecule has 25 heavy (non-hydrogen) atoms. The average molecular weight is 343 g/mol. The molecular weight excluding hydrogens is 321 g/mol. The van der Waals surface area contributed by atoms with E-state index in [0.717, 1.165) is 11.3 Å². The third kappa shape index (κ3) is 6.30. The first-order valence-corrected chi connectivity index (χ1v) is 8.13. The van der Waals surface area contributed by atoms with Gasteiger partial charge in [0.2, 0.25) is 5.91 Å². The fraction of sp³-hybridized carbons (Fsp3) is 0.250. The highest BCUT2D eigenvalue weighted by Gasteiger charge is 2.05. The molecule has 0 bridgehead atoms. The third-order valence-corrected chi connectivity index (χ3v) is 3.49. The van der Waals surface area contributed by atoms with Crippen LogP contribution in [0.15, 0.2) is 54.6 Å². The van der Waals surface area contributed by atoms with Gasteiger partial charge in [0.15, 0.2) is 0 Å². The van der Waals surface area contributed by atoms with E-state index < -0.39 is 0 Å². The first-order chi connectivity index (χ1) is 12.1. The molecule has 2 rings (SSSR count). The van der Waals surface area contributed by atoms with Crippen molar-refractivity contribution in [1.29, 1.82) is 0 Å². The molecule has 0 aliphatic heterocycles. The van der Waals surface area contributed by atoms with Crippen LogP contribution in [-0.2, 0) is 4.79 Å². The maximum Gasteiger partial charge on any atom is 0.246 e. The van der Waals surface area contributed by atoms with E-state index in [-0.39, 0.29) is 11.7 Å². The van der Waals surface area contributed by atoms with Crippen molar-refractivity contribution in [3.63, 3.8) is 0 Å². The summed E-state index contributed by atoms with van der Waals surface area (Å²) in [5.74, 6) is 0.962. The van der Waals surface area contributed by atoms with Gasteiger partial charge in [-0.2, -0.15) is 0 Å². The van der Waals surface area contributed by atoms with Crippen molar-refractivity contribution in [3.8, 4) is 11.5 Å². The Morgan fingerprint density at radius 3 is 2.28 bits per heavy atom. The summed E-state index contributed by atoms with van der Waals surface area (Å²) in [4.78, 5) is 13.6. The molecule has 0 unspecified atom stereocenters. The van der Waals surface area contributed by atoms with Crippen LogP contribution < -0.4 is 9.47 Å². The molecule has 0 saturated carbocycles. The maximum atomic E-state index is 12.8. The van der Waals surface area contributed by atoms with Crippen LogP contribution in [0.25, 0.3) is 6.08 Å². The zero-order chi connectivity index (χ0) is 18.1. The minimum atomic E-state index is -0.306. The predicted molar refractivity (Wildman–Crippen MR) is 96.2 cm³/mol. The standard InChI is InChI=1S/C20H22FNO3/c1-3-24-18-9-4-16(5-10-18)6-13-20(23)22(2)14-15-25-19-11-7-17(21)8-12-19/h4-13H,3,14-15H2,1-2H3/b13-6+. The average Bonchev–Trinajstić information content (AvgIpc) is 2.62. The third-order valence-electron chi connectivity index (χ3n) is 3.49. The van der Waals surface area contributed by atoms with Crippen molar-refractivity contribution in [1.82, 2.24) is 4.90 Å². The van der Waals surface area contributed by atoms with E-state index in [1.165, 1.54) is 18.2 Å². The molecule has 4 nitrogen and oxygen atoms in total. The van der Waals surface area contributed by atoms with E-state index >= 15 is 0 Å². The zero-order valence-corrected chi connectivity index (χ0v) is 14.4. The Balaban J connectivity index is 1.77. The molecule has 132 valence electrons. The summed E-state index contributed by atoms with van der Waals surface area (Å²) in [7, 11) is 1.71. The molecule has 2 aromatic carbocycles. The quantitative estimate of drug-likeness (QED) is 0.685. The van der Waals surface area contributed by atoms with Crippen LogP contribution in [0, 0.1) is 5.82 Å². The number of halogens is 1. The van der Waals surface area contributed by atoms with E-state index in [1.54, 1.807) is 30.2 Å². The lowest BCUT2D eigenvalue weighted by Crippen LogP contribution is -2.29. The topological polar surface area (TPSA) is 38.8 Å². The molecule has 0 radical (unpaired) electrons. The second-order valence-corrected chi connectivity index (χ2v) is 5.40. The smallest absolute Gasteiger partial charge is 0.246 e. The van der Waals surface area contributed by atoms with Gasteiger partial charge in [-0.15, -0.1) is 0 Å². The number of amides is 1. The molecule has 0 aliphatic carbocycles. The Kier molecular flexibility index (Phi) is 7.01. The number of carbonyl (C=O) groups is 1. The van der Waals surface area contributed by atoms with Gasteiger partial charge in [-0.05, 0) is 55.0 Å².